The predicted molar refractivity (Wildman–Crippen MR) is 64.0 cm³/mol. The molecule has 0 aliphatic carbocycles. The SMILES string of the molecule is C=C1CCc2cc(C(C)(C)C)cnc2N1. The molecule has 15 heavy (non-hydrogen) atoms. The molecule has 2 heterocycles. The topological polar surface area (TPSA) is 24.9 Å². The molecule has 80 valence electrons. The van der Waals surface area contributed by atoms with E-state index in [-0.39, 0.29) is 5.41 Å². The molecule has 2 nitrogen and oxygen atoms in total. The molecule has 0 bridgehead atoms. The van der Waals surface area contributed by atoms with Crippen molar-refractivity contribution >= 4 is 5.82 Å². The number of hydrogen-bond acceptors (Lipinski definition) is 2. The molecule has 0 fully saturated rings. The van der Waals surface area contributed by atoms with Crippen LogP contribution in [-0.2, 0) is 11.8 Å². The van der Waals surface area contributed by atoms with Gasteiger partial charge >= 0.3 is 0 Å². The number of rotatable bonds is 0. The number of fused-ring (bicyclic) bond motifs is 1. The quantitative estimate of drug-likeness (QED) is 0.698. The second-order valence-corrected chi connectivity index (χ2v) is 5.21. The summed E-state index contributed by atoms with van der Waals surface area (Å²) in [5, 5.41) is 3.23. The Morgan fingerprint density at radius 2 is 2.07 bits per heavy atom. The van der Waals surface area contributed by atoms with E-state index in [0.717, 1.165) is 24.4 Å². The number of pyridine rings is 1. The van der Waals surface area contributed by atoms with Crippen molar-refractivity contribution in [3.63, 3.8) is 0 Å². The van der Waals surface area contributed by atoms with E-state index in [1.165, 1.54) is 11.1 Å². The third-order valence-electron chi connectivity index (χ3n) is 2.82. The molecule has 0 saturated carbocycles. The van der Waals surface area contributed by atoms with Gasteiger partial charge in [0.2, 0.25) is 0 Å². The van der Waals surface area contributed by atoms with E-state index in [1.54, 1.807) is 0 Å². The van der Waals surface area contributed by atoms with Crippen LogP contribution >= 0.6 is 0 Å². The minimum Gasteiger partial charge on any atom is -0.344 e. The summed E-state index contributed by atoms with van der Waals surface area (Å²) in [5.74, 6) is 0.985. The number of nitrogens with zero attached hydrogens (tertiary/aromatic N) is 1. The monoisotopic (exact) mass is 202 g/mol. The van der Waals surface area contributed by atoms with Gasteiger partial charge < -0.3 is 5.32 Å². The fraction of sp³-hybridized carbons (Fsp3) is 0.462. The second kappa shape index (κ2) is 3.37. The minimum atomic E-state index is 0.177. The third kappa shape index (κ3) is 2.04. The van der Waals surface area contributed by atoms with Crippen LogP contribution in [0.3, 0.4) is 0 Å². The largest absolute Gasteiger partial charge is 0.344 e. The van der Waals surface area contributed by atoms with Gasteiger partial charge in [-0.2, -0.15) is 0 Å². The van der Waals surface area contributed by atoms with E-state index in [1.807, 2.05) is 6.20 Å². The summed E-state index contributed by atoms with van der Waals surface area (Å²) in [5.41, 5.74) is 3.86. The first-order chi connectivity index (χ1) is 6.97. The summed E-state index contributed by atoms with van der Waals surface area (Å²) in [6, 6.07) is 2.27. The first-order valence-corrected chi connectivity index (χ1v) is 5.41. The van der Waals surface area contributed by atoms with Gasteiger partial charge in [0.05, 0.1) is 0 Å². The van der Waals surface area contributed by atoms with Gasteiger partial charge in [-0.25, -0.2) is 4.98 Å². The maximum Gasteiger partial charge on any atom is 0.133 e. The lowest BCUT2D eigenvalue weighted by Gasteiger charge is -2.24. The zero-order valence-electron chi connectivity index (χ0n) is 9.72. The summed E-state index contributed by atoms with van der Waals surface area (Å²) >= 11 is 0. The van der Waals surface area contributed by atoms with Gasteiger partial charge in [0, 0.05) is 11.9 Å². The Bertz CT molecular complexity index is 399. The molecule has 0 aromatic carbocycles. The molecule has 0 unspecified atom stereocenters. The number of aromatic nitrogens is 1. The summed E-state index contributed by atoms with van der Waals surface area (Å²) in [4.78, 5) is 4.46. The summed E-state index contributed by atoms with van der Waals surface area (Å²) in [6.07, 6.45) is 4.03. The Labute approximate surface area is 91.4 Å². The zero-order chi connectivity index (χ0) is 11.1. The molecular weight excluding hydrogens is 184 g/mol. The van der Waals surface area contributed by atoms with Crippen molar-refractivity contribution in [2.45, 2.75) is 39.0 Å². The smallest absolute Gasteiger partial charge is 0.133 e. The summed E-state index contributed by atoms with van der Waals surface area (Å²) in [6.45, 7) is 10.6. The summed E-state index contributed by atoms with van der Waals surface area (Å²) in [7, 11) is 0. The van der Waals surface area contributed by atoms with E-state index in [0.29, 0.717) is 0 Å². The molecule has 1 N–H and O–H groups in total. The first-order valence-electron chi connectivity index (χ1n) is 5.41. The van der Waals surface area contributed by atoms with Crippen LogP contribution in [0.5, 0.6) is 0 Å². The molecule has 0 atom stereocenters. The molecule has 1 aliphatic heterocycles. The van der Waals surface area contributed by atoms with Gasteiger partial charge in [-0.3, -0.25) is 0 Å². The Hall–Kier alpha value is -1.31. The predicted octanol–water partition coefficient (Wildman–Crippen LogP) is 3.25. The highest BCUT2D eigenvalue weighted by molar-refractivity contribution is 5.53. The fourth-order valence-electron chi connectivity index (χ4n) is 1.74. The molecule has 2 heteroatoms. The molecule has 0 spiro atoms. The van der Waals surface area contributed by atoms with Gasteiger partial charge in [0.25, 0.3) is 0 Å². The molecule has 1 aromatic heterocycles. The van der Waals surface area contributed by atoms with Crippen LogP contribution in [0.25, 0.3) is 0 Å². The fourth-order valence-corrected chi connectivity index (χ4v) is 1.74. The maximum absolute atomic E-state index is 4.46. The third-order valence-corrected chi connectivity index (χ3v) is 2.82. The van der Waals surface area contributed by atoms with Crippen LogP contribution < -0.4 is 5.32 Å². The molecular formula is C13H18N2. The Morgan fingerprint density at radius 1 is 1.33 bits per heavy atom. The van der Waals surface area contributed by atoms with Gasteiger partial charge in [0.15, 0.2) is 0 Å². The van der Waals surface area contributed by atoms with Crippen LogP contribution in [0.4, 0.5) is 5.82 Å². The van der Waals surface area contributed by atoms with Crippen molar-refractivity contribution in [3.05, 3.63) is 35.7 Å². The van der Waals surface area contributed by atoms with Gasteiger partial charge in [-0.1, -0.05) is 33.4 Å². The molecule has 1 aromatic rings. The lowest BCUT2D eigenvalue weighted by atomic mass is 9.86. The number of allylic oxidation sites excluding steroid dienone is 1. The average molecular weight is 202 g/mol. The van der Waals surface area contributed by atoms with Crippen LogP contribution in [0.2, 0.25) is 0 Å². The van der Waals surface area contributed by atoms with E-state index in [4.69, 9.17) is 0 Å². The van der Waals surface area contributed by atoms with Crippen molar-refractivity contribution in [1.29, 1.82) is 0 Å². The number of anilines is 1. The maximum atomic E-state index is 4.46. The normalized spacial score (nSPS) is 15.8. The van der Waals surface area contributed by atoms with Gasteiger partial charge in [-0.05, 0) is 29.4 Å². The minimum absolute atomic E-state index is 0.177. The van der Waals surface area contributed by atoms with Crippen molar-refractivity contribution in [1.82, 2.24) is 4.98 Å². The molecule has 0 radical (unpaired) electrons. The van der Waals surface area contributed by atoms with Crippen LogP contribution in [0.15, 0.2) is 24.5 Å². The van der Waals surface area contributed by atoms with E-state index in [2.05, 4.69) is 43.7 Å². The molecule has 1 aliphatic rings. The Balaban J connectivity index is 2.39. The van der Waals surface area contributed by atoms with Crippen molar-refractivity contribution in [3.8, 4) is 0 Å². The van der Waals surface area contributed by atoms with Crippen molar-refractivity contribution in [2.24, 2.45) is 0 Å². The van der Waals surface area contributed by atoms with Crippen LogP contribution in [0.1, 0.15) is 38.3 Å². The molecule has 2 rings (SSSR count). The highest BCUT2D eigenvalue weighted by Crippen LogP contribution is 2.29. The first kappa shape index (κ1) is 10.2. The zero-order valence-corrected chi connectivity index (χ0v) is 9.72. The van der Waals surface area contributed by atoms with Gasteiger partial charge in [0.1, 0.15) is 5.82 Å². The summed E-state index contributed by atoms with van der Waals surface area (Å²) < 4.78 is 0. The lowest BCUT2D eigenvalue weighted by molar-refractivity contribution is 0.586. The Morgan fingerprint density at radius 3 is 2.73 bits per heavy atom. The average Bonchev–Trinajstić information content (AvgIpc) is 2.15. The van der Waals surface area contributed by atoms with Crippen LogP contribution in [-0.4, -0.2) is 4.98 Å². The van der Waals surface area contributed by atoms with E-state index >= 15 is 0 Å². The van der Waals surface area contributed by atoms with E-state index in [9.17, 15) is 0 Å². The molecule has 0 amide bonds. The highest BCUT2D eigenvalue weighted by atomic mass is 15.0. The Kier molecular flexibility index (Phi) is 2.29. The highest BCUT2D eigenvalue weighted by Gasteiger charge is 2.18. The number of hydrogen-bond donors (Lipinski definition) is 1. The van der Waals surface area contributed by atoms with Crippen molar-refractivity contribution < 1.29 is 0 Å². The number of nitrogens with one attached hydrogen (secondary N) is 1. The van der Waals surface area contributed by atoms with Crippen molar-refractivity contribution in [2.75, 3.05) is 5.32 Å². The second-order valence-electron chi connectivity index (χ2n) is 5.21. The standard InChI is InChI=1S/C13H18N2/c1-9-5-6-10-7-11(13(2,3)4)8-14-12(10)15-9/h7-8H,1,5-6H2,2-4H3,(H,14,15). The van der Waals surface area contributed by atoms with E-state index < -0.39 is 0 Å². The van der Waals surface area contributed by atoms with Gasteiger partial charge in [-0.15, -0.1) is 0 Å². The lowest BCUT2D eigenvalue weighted by Crippen LogP contribution is -2.16. The van der Waals surface area contributed by atoms with Crippen LogP contribution in [0, 0.1) is 0 Å². The molecule has 0 saturated heterocycles. The number of aryl methyl sites for hydroxylation is 1.